The second-order valence-corrected chi connectivity index (χ2v) is 4.00. The Kier molecular flexibility index (Phi) is 5.36. The quantitative estimate of drug-likeness (QED) is 0.754. The number of thioether (sulfide) groups is 1. The zero-order valence-corrected chi connectivity index (χ0v) is 9.97. The molecule has 15 heavy (non-hydrogen) atoms. The number of ether oxygens (including phenoxy) is 2. The first-order valence-corrected chi connectivity index (χ1v) is 6.20. The molecule has 1 aromatic carbocycles. The van der Waals surface area contributed by atoms with Crippen LogP contribution in [0.3, 0.4) is 0 Å². The Morgan fingerprint density at radius 2 is 2.20 bits per heavy atom. The van der Waals surface area contributed by atoms with Gasteiger partial charge in [-0.25, -0.2) is 0 Å². The van der Waals surface area contributed by atoms with Crippen molar-refractivity contribution in [2.75, 3.05) is 25.7 Å². The topological polar surface area (TPSA) is 44.5 Å². The lowest BCUT2D eigenvalue weighted by molar-refractivity contribution is 0.336. The molecule has 0 atom stereocenters. The van der Waals surface area contributed by atoms with E-state index in [0.29, 0.717) is 13.2 Å². The number of nitrogens with two attached hydrogens (primary N) is 1. The SMILES string of the molecule is COc1ccc(CN)c(OCCSC)c1. The molecular weight excluding hydrogens is 210 g/mol. The van der Waals surface area contributed by atoms with Gasteiger partial charge >= 0.3 is 0 Å². The van der Waals surface area contributed by atoms with Crippen LogP contribution in [0.15, 0.2) is 18.2 Å². The van der Waals surface area contributed by atoms with Gasteiger partial charge in [0.1, 0.15) is 11.5 Å². The van der Waals surface area contributed by atoms with Crippen LogP contribution in [0.1, 0.15) is 5.56 Å². The highest BCUT2D eigenvalue weighted by Crippen LogP contribution is 2.24. The molecule has 1 aromatic rings. The van der Waals surface area contributed by atoms with Crippen LogP contribution in [0.5, 0.6) is 11.5 Å². The molecular formula is C11H17NO2S. The summed E-state index contributed by atoms with van der Waals surface area (Å²) in [4.78, 5) is 0. The molecule has 4 heteroatoms. The lowest BCUT2D eigenvalue weighted by Crippen LogP contribution is -2.05. The van der Waals surface area contributed by atoms with Crippen LogP contribution in [-0.4, -0.2) is 25.7 Å². The van der Waals surface area contributed by atoms with Crippen molar-refractivity contribution in [3.05, 3.63) is 23.8 Å². The highest BCUT2D eigenvalue weighted by molar-refractivity contribution is 7.98. The molecule has 0 aliphatic heterocycles. The Bertz CT molecular complexity index is 305. The Hall–Kier alpha value is -0.870. The smallest absolute Gasteiger partial charge is 0.127 e. The van der Waals surface area contributed by atoms with Crippen LogP contribution >= 0.6 is 11.8 Å². The van der Waals surface area contributed by atoms with Crippen LogP contribution in [0.4, 0.5) is 0 Å². The molecule has 0 saturated heterocycles. The van der Waals surface area contributed by atoms with Gasteiger partial charge in [-0.1, -0.05) is 6.07 Å². The van der Waals surface area contributed by atoms with Crippen molar-refractivity contribution in [2.45, 2.75) is 6.54 Å². The van der Waals surface area contributed by atoms with Gasteiger partial charge in [0.2, 0.25) is 0 Å². The monoisotopic (exact) mass is 227 g/mol. The molecule has 0 aromatic heterocycles. The van der Waals surface area contributed by atoms with Crippen molar-refractivity contribution in [1.82, 2.24) is 0 Å². The molecule has 0 aliphatic carbocycles. The van der Waals surface area contributed by atoms with Gasteiger partial charge in [0, 0.05) is 23.9 Å². The molecule has 0 saturated carbocycles. The van der Waals surface area contributed by atoms with E-state index >= 15 is 0 Å². The summed E-state index contributed by atoms with van der Waals surface area (Å²) in [5, 5.41) is 0. The van der Waals surface area contributed by atoms with Crippen molar-refractivity contribution in [2.24, 2.45) is 5.73 Å². The maximum atomic E-state index is 5.63. The Morgan fingerprint density at radius 1 is 1.40 bits per heavy atom. The number of rotatable bonds is 6. The van der Waals surface area contributed by atoms with E-state index < -0.39 is 0 Å². The number of methoxy groups -OCH3 is 1. The number of benzene rings is 1. The molecule has 0 aliphatic rings. The van der Waals surface area contributed by atoms with E-state index in [1.807, 2.05) is 18.2 Å². The van der Waals surface area contributed by atoms with Gasteiger partial charge in [-0.3, -0.25) is 0 Å². The Balaban J connectivity index is 2.72. The molecule has 0 fully saturated rings. The van der Waals surface area contributed by atoms with Crippen LogP contribution < -0.4 is 15.2 Å². The van der Waals surface area contributed by atoms with Crippen molar-refractivity contribution in [3.8, 4) is 11.5 Å². The van der Waals surface area contributed by atoms with Gasteiger partial charge in [0.25, 0.3) is 0 Å². The first-order valence-electron chi connectivity index (χ1n) is 4.80. The van der Waals surface area contributed by atoms with E-state index in [0.717, 1.165) is 22.8 Å². The van der Waals surface area contributed by atoms with E-state index in [1.54, 1.807) is 18.9 Å². The summed E-state index contributed by atoms with van der Waals surface area (Å²) < 4.78 is 10.8. The lowest BCUT2D eigenvalue weighted by atomic mass is 10.2. The van der Waals surface area contributed by atoms with E-state index in [1.165, 1.54) is 0 Å². The molecule has 1 rings (SSSR count). The third-order valence-electron chi connectivity index (χ3n) is 2.04. The zero-order valence-electron chi connectivity index (χ0n) is 9.16. The van der Waals surface area contributed by atoms with E-state index in [2.05, 4.69) is 6.26 Å². The average Bonchev–Trinajstić information content (AvgIpc) is 2.29. The average molecular weight is 227 g/mol. The van der Waals surface area contributed by atoms with Crippen molar-refractivity contribution >= 4 is 11.8 Å². The molecule has 0 heterocycles. The second kappa shape index (κ2) is 6.58. The minimum atomic E-state index is 0.485. The third-order valence-corrected chi connectivity index (χ3v) is 2.61. The number of hydrogen-bond donors (Lipinski definition) is 1. The standard InChI is InChI=1S/C11H17NO2S/c1-13-10-4-3-9(8-12)11(7-10)14-5-6-15-2/h3-4,7H,5-6,8,12H2,1-2H3. The van der Waals surface area contributed by atoms with Gasteiger partial charge in [-0.05, 0) is 12.3 Å². The highest BCUT2D eigenvalue weighted by atomic mass is 32.2. The fourth-order valence-electron chi connectivity index (χ4n) is 1.20. The van der Waals surface area contributed by atoms with Crippen LogP contribution in [0.2, 0.25) is 0 Å². The van der Waals surface area contributed by atoms with E-state index in [4.69, 9.17) is 15.2 Å². The summed E-state index contributed by atoms with van der Waals surface area (Å²) in [7, 11) is 1.64. The van der Waals surface area contributed by atoms with Gasteiger partial charge < -0.3 is 15.2 Å². The van der Waals surface area contributed by atoms with E-state index in [9.17, 15) is 0 Å². The first-order chi connectivity index (χ1) is 7.31. The Morgan fingerprint density at radius 3 is 2.80 bits per heavy atom. The fourth-order valence-corrected chi connectivity index (χ4v) is 1.45. The van der Waals surface area contributed by atoms with Crippen LogP contribution in [0, 0.1) is 0 Å². The van der Waals surface area contributed by atoms with E-state index in [-0.39, 0.29) is 0 Å². The molecule has 0 bridgehead atoms. The summed E-state index contributed by atoms with van der Waals surface area (Å²) in [6.45, 7) is 1.18. The summed E-state index contributed by atoms with van der Waals surface area (Å²) in [6.07, 6.45) is 2.05. The van der Waals surface area contributed by atoms with Crippen molar-refractivity contribution in [3.63, 3.8) is 0 Å². The molecule has 0 amide bonds. The maximum Gasteiger partial charge on any atom is 0.127 e. The molecule has 0 radical (unpaired) electrons. The fraction of sp³-hybridized carbons (Fsp3) is 0.455. The highest BCUT2D eigenvalue weighted by Gasteiger charge is 2.03. The van der Waals surface area contributed by atoms with Gasteiger partial charge in [-0.15, -0.1) is 0 Å². The molecule has 0 spiro atoms. The molecule has 3 nitrogen and oxygen atoms in total. The Labute approximate surface area is 94.9 Å². The maximum absolute atomic E-state index is 5.63. The zero-order chi connectivity index (χ0) is 11.1. The van der Waals surface area contributed by atoms with Crippen molar-refractivity contribution in [1.29, 1.82) is 0 Å². The third kappa shape index (κ3) is 3.64. The summed E-state index contributed by atoms with van der Waals surface area (Å²) in [6, 6.07) is 5.71. The normalized spacial score (nSPS) is 10.1. The minimum absolute atomic E-state index is 0.485. The molecule has 0 unspecified atom stereocenters. The lowest BCUT2D eigenvalue weighted by Gasteiger charge is -2.11. The predicted octanol–water partition coefficient (Wildman–Crippen LogP) is 1.90. The second-order valence-electron chi connectivity index (χ2n) is 3.02. The van der Waals surface area contributed by atoms with Crippen molar-refractivity contribution < 1.29 is 9.47 Å². The summed E-state index contributed by atoms with van der Waals surface area (Å²) in [5.41, 5.74) is 6.63. The van der Waals surface area contributed by atoms with Gasteiger partial charge in [-0.2, -0.15) is 11.8 Å². The summed E-state index contributed by atoms with van der Waals surface area (Å²) >= 11 is 1.76. The number of hydrogen-bond acceptors (Lipinski definition) is 4. The molecule has 2 N–H and O–H groups in total. The minimum Gasteiger partial charge on any atom is -0.497 e. The van der Waals surface area contributed by atoms with Crippen LogP contribution in [-0.2, 0) is 6.54 Å². The largest absolute Gasteiger partial charge is 0.497 e. The van der Waals surface area contributed by atoms with Gasteiger partial charge in [0.05, 0.1) is 13.7 Å². The predicted molar refractivity (Wildman–Crippen MR) is 64.8 cm³/mol. The summed E-state index contributed by atoms with van der Waals surface area (Å²) in [5.74, 6) is 2.60. The van der Waals surface area contributed by atoms with Gasteiger partial charge in [0.15, 0.2) is 0 Å². The molecule has 84 valence electrons. The first kappa shape index (κ1) is 12.2. The van der Waals surface area contributed by atoms with Crippen LogP contribution in [0.25, 0.3) is 0 Å².